The monoisotopic (exact) mass is 336 g/mol. The average Bonchev–Trinajstić information content (AvgIpc) is 2.58. The van der Waals surface area contributed by atoms with E-state index in [-0.39, 0.29) is 0 Å². The Hall–Kier alpha value is -1.48. The normalized spacial score (nSPS) is 10.8. The van der Waals surface area contributed by atoms with Crippen molar-refractivity contribution >= 4 is 23.8 Å². The van der Waals surface area contributed by atoms with Gasteiger partial charge in [-0.25, -0.2) is 0 Å². The van der Waals surface area contributed by atoms with Gasteiger partial charge in [-0.05, 0) is 64.3 Å². The van der Waals surface area contributed by atoms with E-state index in [9.17, 15) is 0 Å². The molecule has 0 aromatic heterocycles. The van der Waals surface area contributed by atoms with Crippen molar-refractivity contribution in [3.8, 4) is 22.3 Å². The van der Waals surface area contributed by atoms with Gasteiger partial charge in [0.15, 0.2) is 0 Å². The summed E-state index contributed by atoms with van der Waals surface area (Å²) in [4.78, 5) is 0. The lowest BCUT2D eigenvalue weighted by atomic mass is 9.90. The van der Waals surface area contributed by atoms with Crippen LogP contribution in [0.1, 0.15) is 16.7 Å². The Morgan fingerprint density at radius 1 is 0.652 bits per heavy atom. The van der Waals surface area contributed by atoms with Crippen molar-refractivity contribution in [1.82, 2.24) is 0 Å². The maximum atomic E-state index is 2.78. The highest BCUT2D eigenvalue weighted by Gasteiger charge is 2.09. The molecule has 23 heavy (non-hydrogen) atoms. The van der Waals surface area contributed by atoms with Gasteiger partial charge >= 0.3 is 0 Å². The van der Waals surface area contributed by atoms with Gasteiger partial charge in [-0.3, -0.25) is 0 Å². The first kappa shape index (κ1) is 16.4. The maximum Gasteiger partial charge on any atom is -0.0128 e. The van der Waals surface area contributed by atoms with Crippen molar-refractivity contribution in [3.05, 3.63) is 77.4 Å². The van der Waals surface area contributed by atoms with Gasteiger partial charge in [0.05, 0.1) is 0 Å². The third-order valence-electron chi connectivity index (χ3n) is 4.51. The van der Waals surface area contributed by atoms with Crippen LogP contribution in [0.3, 0.4) is 0 Å². The molecule has 2 atom stereocenters. The molecule has 116 valence electrons. The van der Waals surface area contributed by atoms with Crippen molar-refractivity contribution in [2.24, 2.45) is 0 Å². The van der Waals surface area contributed by atoms with Gasteiger partial charge in [-0.15, -0.1) is 18.5 Å². The second-order valence-corrected chi connectivity index (χ2v) is 7.01. The van der Waals surface area contributed by atoms with Crippen LogP contribution in [0.15, 0.2) is 60.7 Å². The molecule has 3 aromatic carbocycles. The summed E-state index contributed by atoms with van der Waals surface area (Å²) in [5, 5.41) is 1.22. The molecule has 0 nitrogen and oxygen atoms in total. The summed E-state index contributed by atoms with van der Waals surface area (Å²) < 4.78 is 0. The molecule has 0 aliphatic rings. The molecule has 0 radical (unpaired) electrons. The van der Waals surface area contributed by atoms with Crippen LogP contribution in [-0.2, 0) is 6.16 Å². The summed E-state index contributed by atoms with van der Waals surface area (Å²) in [6.07, 6.45) is 1.00. The first-order valence-electron chi connectivity index (χ1n) is 7.85. The molecule has 0 saturated heterocycles. The van der Waals surface area contributed by atoms with Crippen LogP contribution in [0.5, 0.6) is 0 Å². The third-order valence-corrected chi connectivity index (χ3v) is 5.37. The number of hydrogen-bond donors (Lipinski definition) is 0. The van der Waals surface area contributed by atoms with Crippen LogP contribution in [-0.4, -0.2) is 0 Å². The molecule has 0 heterocycles. The largest absolute Gasteiger partial charge is 0.133 e. The molecule has 2 unspecified atom stereocenters. The second kappa shape index (κ2) is 6.96. The minimum absolute atomic E-state index is 1.00. The standard InChI is InChI=1S/C21H22P2/c1-14-15(2)21(18-7-9-19(23)10-8-18)12-11-20(14)17-5-3-16(13-22)4-6-17/h3-12H,13,22-23H2,1-2H3. The minimum Gasteiger partial charge on any atom is -0.133 e. The predicted molar refractivity (Wildman–Crippen MR) is 110 cm³/mol. The smallest absolute Gasteiger partial charge is 0.0128 e. The molecule has 0 bridgehead atoms. The van der Waals surface area contributed by atoms with E-state index < -0.39 is 0 Å². The van der Waals surface area contributed by atoms with E-state index in [1.54, 1.807) is 0 Å². The highest BCUT2D eigenvalue weighted by Crippen LogP contribution is 2.32. The summed E-state index contributed by atoms with van der Waals surface area (Å²) in [6, 6.07) is 22.0. The molecular weight excluding hydrogens is 314 g/mol. The lowest BCUT2D eigenvalue weighted by Gasteiger charge is -2.14. The van der Waals surface area contributed by atoms with E-state index >= 15 is 0 Å². The fourth-order valence-corrected chi connectivity index (χ4v) is 3.39. The van der Waals surface area contributed by atoms with Gasteiger partial charge in [0.1, 0.15) is 0 Å². The Kier molecular flexibility index (Phi) is 4.96. The Bertz CT molecular complexity index is 816. The molecule has 0 saturated carbocycles. The highest BCUT2D eigenvalue weighted by molar-refractivity contribution is 7.27. The first-order chi connectivity index (χ1) is 11.1. The zero-order chi connectivity index (χ0) is 16.4. The van der Waals surface area contributed by atoms with Gasteiger partial charge in [0.2, 0.25) is 0 Å². The van der Waals surface area contributed by atoms with Crippen LogP contribution in [0.2, 0.25) is 0 Å². The second-order valence-electron chi connectivity index (χ2n) is 5.93. The molecule has 0 spiro atoms. The van der Waals surface area contributed by atoms with Gasteiger partial charge in [0, 0.05) is 0 Å². The fourth-order valence-electron chi connectivity index (χ4n) is 2.93. The van der Waals surface area contributed by atoms with Gasteiger partial charge < -0.3 is 0 Å². The fraction of sp³-hybridized carbons (Fsp3) is 0.143. The van der Waals surface area contributed by atoms with E-state index in [2.05, 4.69) is 93.0 Å². The minimum atomic E-state index is 1.00. The maximum absolute atomic E-state index is 2.78. The van der Waals surface area contributed by atoms with Crippen molar-refractivity contribution in [2.75, 3.05) is 0 Å². The summed E-state index contributed by atoms with van der Waals surface area (Å²) in [5.41, 5.74) is 9.27. The SMILES string of the molecule is Cc1c(-c2ccc(P)cc2)ccc(-c2ccc(CP)cc2)c1C. The number of benzene rings is 3. The highest BCUT2D eigenvalue weighted by atomic mass is 31.0. The zero-order valence-electron chi connectivity index (χ0n) is 13.6. The first-order valence-corrected chi connectivity index (χ1v) is 9.25. The molecular formula is C21H22P2. The molecule has 0 N–H and O–H groups in total. The van der Waals surface area contributed by atoms with Gasteiger partial charge in [-0.1, -0.05) is 60.7 Å². The van der Waals surface area contributed by atoms with Crippen molar-refractivity contribution < 1.29 is 0 Å². The van der Waals surface area contributed by atoms with Crippen molar-refractivity contribution in [2.45, 2.75) is 20.0 Å². The zero-order valence-corrected chi connectivity index (χ0v) is 15.9. The molecule has 0 aliphatic heterocycles. The van der Waals surface area contributed by atoms with Crippen LogP contribution < -0.4 is 5.30 Å². The molecule has 0 fully saturated rings. The Balaban J connectivity index is 2.04. The van der Waals surface area contributed by atoms with E-state index in [1.807, 2.05) is 0 Å². The molecule has 0 aliphatic carbocycles. The third kappa shape index (κ3) is 3.40. The topological polar surface area (TPSA) is 0 Å². The quantitative estimate of drug-likeness (QED) is 0.553. The van der Waals surface area contributed by atoms with Crippen LogP contribution in [0.4, 0.5) is 0 Å². The van der Waals surface area contributed by atoms with Crippen molar-refractivity contribution in [3.63, 3.8) is 0 Å². The van der Waals surface area contributed by atoms with E-state index in [4.69, 9.17) is 0 Å². The van der Waals surface area contributed by atoms with E-state index in [1.165, 1.54) is 44.2 Å². The summed E-state index contributed by atoms with van der Waals surface area (Å²) >= 11 is 0. The molecule has 3 rings (SSSR count). The van der Waals surface area contributed by atoms with Crippen molar-refractivity contribution in [1.29, 1.82) is 0 Å². The summed E-state index contributed by atoms with van der Waals surface area (Å²) in [5.74, 6) is 0. The molecule has 2 heteroatoms. The Morgan fingerprint density at radius 3 is 1.52 bits per heavy atom. The Labute approximate surface area is 143 Å². The number of hydrogen-bond acceptors (Lipinski definition) is 0. The Morgan fingerprint density at radius 2 is 1.09 bits per heavy atom. The predicted octanol–water partition coefficient (Wildman–Crippen LogP) is 5.51. The molecule has 3 aromatic rings. The van der Waals surface area contributed by atoms with Gasteiger partial charge in [-0.2, -0.15) is 0 Å². The van der Waals surface area contributed by atoms with Crippen LogP contribution in [0.25, 0.3) is 22.3 Å². The van der Waals surface area contributed by atoms with E-state index in [0.29, 0.717) is 0 Å². The van der Waals surface area contributed by atoms with Crippen LogP contribution in [0, 0.1) is 13.8 Å². The lowest BCUT2D eigenvalue weighted by molar-refractivity contribution is 1.33. The number of rotatable bonds is 3. The lowest BCUT2D eigenvalue weighted by Crippen LogP contribution is -1.94. The average molecular weight is 336 g/mol. The van der Waals surface area contributed by atoms with Gasteiger partial charge in [0.25, 0.3) is 0 Å². The summed E-state index contributed by atoms with van der Waals surface area (Å²) in [6.45, 7) is 4.45. The molecule has 0 amide bonds. The van der Waals surface area contributed by atoms with E-state index in [0.717, 1.165) is 6.16 Å². The summed E-state index contributed by atoms with van der Waals surface area (Å²) in [7, 11) is 5.52. The van der Waals surface area contributed by atoms with Crippen LogP contribution >= 0.6 is 18.5 Å².